The van der Waals surface area contributed by atoms with Gasteiger partial charge in [-0.2, -0.15) is 0 Å². The van der Waals surface area contributed by atoms with Crippen LogP contribution in [0.5, 0.6) is 5.75 Å². The maximum Gasteiger partial charge on any atom is 0.362 e. The van der Waals surface area contributed by atoms with Gasteiger partial charge in [-0.05, 0) is 61.4 Å². The minimum Gasteiger partial charge on any atom is -0.494 e. The number of halogens is 1. The molecule has 0 radical (unpaired) electrons. The summed E-state index contributed by atoms with van der Waals surface area (Å²) in [6.07, 6.45) is 2.52. The van der Waals surface area contributed by atoms with Crippen LogP contribution in [0.15, 0.2) is 61.2 Å². The third kappa shape index (κ3) is 7.19. The summed E-state index contributed by atoms with van der Waals surface area (Å²) in [5.41, 5.74) is 3.26. The van der Waals surface area contributed by atoms with Crippen molar-refractivity contribution in [3.05, 3.63) is 72.6 Å². The monoisotopic (exact) mass is 373 g/mol. The first kappa shape index (κ1) is 20.0. The van der Waals surface area contributed by atoms with Crippen molar-refractivity contribution in [2.45, 2.75) is 12.8 Å². The number of carbonyl (C=O) groups is 2. The molecule has 0 fully saturated rings. The second-order valence-corrected chi connectivity index (χ2v) is 5.45. The van der Waals surface area contributed by atoms with E-state index in [1.165, 1.54) is 24.3 Å². The van der Waals surface area contributed by atoms with Crippen LogP contribution in [0.2, 0.25) is 0 Å². The van der Waals surface area contributed by atoms with Crippen molar-refractivity contribution >= 4 is 17.6 Å². The highest BCUT2D eigenvalue weighted by Crippen LogP contribution is 2.14. The first-order valence-electron chi connectivity index (χ1n) is 8.33. The van der Waals surface area contributed by atoms with Gasteiger partial charge in [0.2, 0.25) is 0 Å². The molecular formula is C20H20FNO5. The van der Waals surface area contributed by atoms with Gasteiger partial charge in [0, 0.05) is 6.08 Å². The normalized spacial score (nSPS) is 9.96. The second kappa shape index (κ2) is 10.6. The molecule has 0 atom stereocenters. The Balaban J connectivity index is 1.69. The van der Waals surface area contributed by atoms with Crippen LogP contribution in [0.4, 0.5) is 10.1 Å². The van der Waals surface area contributed by atoms with Gasteiger partial charge in [0.05, 0.1) is 24.5 Å². The standard InChI is InChI=1S/C20H20FNO5/c1-2-19(23)26-14-4-3-13-25-18-11-5-15(6-12-18)20(24)27-22-17-9-7-16(21)8-10-17/h2,5-12,22H,1,3-4,13-14H2. The predicted molar refractivity (Wildman–Crippen MR) is 97.8 cm³/mol. The highest BCUT2D eigenvalue weighted by atomic mass is 19.1. The van der Waals surface area contributed by atoms with Crippen molar-refractivity contribution in [1.82, 2.24) is 0 Å². The lowest BCUT2D eigenvalue weighted by molar-refractivity contribution is -0.137. The Morgan fingerprint density at radius 1 is 1.00 bits per heavy atom. The quantitative estimate of drug-likeness (QED) is 0.295. The highest BCUT2D eigenvalue weighted by Gasteiger charge is 2.08. The van der Waals surface area contributed by atoms with E-state index in [4.69, 9.17) is 14.3 Å². The summed E-state index contributed by atoms with van der Waals surface area (Å²) in [5, 5.41) is 0. The minimum absolute atomic E-state index is 0.319. The molecule has 2 aromatic carbocycles. The van der Waals surface area contributed by atoms with E-state index in [-0.39, 0.29) is 5.82 Å². The summed E-state index contributed by atoms with van der Waals surface area (Å²) in [4.78, 5) is 27.8. The van der Waals surface area contributed by atoms with Crippen LogP contribution in [-0.2, 0) is 14.4 Å². The van der Waals surface area contributed by atoms with Crippen molar-refractivity contribution in [2.24, 2.45) is 0 Å². The Labute approximate surface area is 156 Å². The zero-order valence-electron chi connectivity index (χ0n) is 14.7. The molecule has 0 spiro atoms. The molecule has 0 aliphatic rings. The Morgan fingerprint density at radius 3 is 2.33 bits per heavy atom. The van der Waals surface area contributed by atoms with Crippen molar-refractivity contribution < 1.29 is 28.3 Å². The first-order valence-corrected chi connectivity index (χ1v) is 8.33. The lowest BCUT2D eigenvalue weighted by atomic mass is 10.2. The molecule has 0 aliphatic carbocycles. The number of benzene rings is 2. The molecule has 0 bridgehead atoms. The summed E-state index contributed by atoms with van der Waals surface area (Å²) < 4.78 is 23.2. The van der Waals surface area contributed by atoms with E-state index in [1.807, 2.05) is 0 Å². The average Bonchev–Trinajstić information content (AvgIpc) is 2.70. The largest absolute Gasteiger partial charge is 0.494 e. The number of hydrogen-bond donors (Lipinski definition) is 1. The molecule has 0 amide bonds. The number of rotatable bonds is 10. The number of unbranched alkanes of at least 4 members (excludes halogenated alkanes) is 1. The fourth-order valence-electron chi connectivity index (χ4n) is 2.00. The molecule has 1 N–H and O–H groups in total. The lowest BCUT2D eigenvalue weighted by Gasteiger charge is -2.08. The van der Waals surface area contributed by atoms with Crippen molar-refractivity contribution in [3.8, 4) is 5.75 Å². The Morgan fingerprint density at radius 2 is 1.67 bits per heavy atom. The van der Waals surface area contributed by atoms with Gasteiger partial charge >= 0.3 is 11.9 Å². The number of nitrogens with one attached hydrogen (secondary N) is 1. The van der Waals surface area contributed by atoms with Gasteiger partial charge in [0.15, 0.2) is 0 Å². The summed E-state index contributed by atoms with van der Waals surface area (Å²) in [5.74, 6) is -0.774. The van der Waals surface area contributed by atoms with E-state index < -0.39 is 11.9 Å². The summed E-state index contributed by atoms with van der Waals surface area (Å²) in [7, 11) is 0. The van der Waals surface area contributed by atoms with Gasteiger partial charge in [0.25, 0.3) is 0 Å². The van der Waals surface area contributed by atoms with Crippen LogP contribution in [0, 0.1) is 5.82 Å². The van der Waals surface area contributed by atoms with Crippen LogP contribution in [0.25, 0.3) is 0 Å². The molecule has 7 heteroatoms. The van der Waals surface area contributed by atoms with Crippen molar-refractivity contribution in [2.75, 3.05) is 18.7 Å². The predicted octanol–water partition coefficient (Wildman–Crippen LogP) is 3.90. The fraction of sp³-hybridized carbons (Fsp3) is 0.200. The number of ether oxygens (including phenoxy) is 2. The number of hydrogen-bond acceptors (Lipinski definition) is 6. The third-order valence-corrected chi connectivity index (χ3v) is 3.41. The van der Waals surface area contributed by atoms with E-state index in [0.717, 1.165) is 12.5 Å². The third-order valence-electron chi connectivity index (χ3n) is 3.41. The zero-order chi connectivity index (χ0) is 19.5. The summed E-state index contributed by atoms with van der Waals surface area (Å²) in [6, 6.07) is 11.9. The van der Waals surface area contributed by atoms with E-state index in [0.29, 0.717) is 36.6 Å². The number of carbonyl (C=O) groups excluding carboxylic acids is 2. The fourth-order valence-corrected chi connectivity index (χ4v) is 2.00. The molecule has 0 aliphatic heterocycles. The van der Waals surface area contributed by atoms with E-state index in [2.05, 4.69) is 12.1 Å². The SMILES string of the molecule is C=CC(=O)OCCCCOc1ccc(C(=O)ONc2ccc(F)cc2)cc1. The Hall–Kier alpha value is -3.35. The Bertz CT molecular complexity index is 759. The zero-order valence-corrected chi connectivity index (χ0v) is 14.7. The molecule has 0 saturated heterocycles. The van der Waals surface area contributed by atoms with Gasteiger partial charge in [0.1, 0.15) is 11.6 Å². The van der Waals surface area contributed by atoms with Crippen LogP contribution in [0.3, 0.4) is 0 Å². The maximum atomic E-state index is 12.8. The second-order valence-electron chi connectivity index (χ2n) is 5.45. The number of esters is 1. The Kier molecular flexibility index (Phi) is 7.84. The smallest absolute Gasteiger partial charge is 0.362 e. The lowest BCUT2D eigenvalue weighted by Crippen LogP contribution is -2.10. The molecule has 2 rings (SSSR count). The molecule has 27 heavy (non-hydrogen) atoms. The molecule has 0 aromatic heterocycles. The van der Waals surface area contributed by atoms with E-state index in [9.17, 15) is 14.0 Å². The first-order chi connectivity index (χ1) is 13.1. The van der Waals surface area contributed by atoms with Gasteiger partial charge in [-0.3, -0.25) is 0 Å². The van der Waals surface area contributed by atoms with Crippen LogP contribution < -0.4 is 10.2 Å². The average molecular weight is 373 g/mol. The molecule has 0 unspecified atom stereocenters. The molecule has 2 aromatic rings. The van der Waals surface area contributed by atoms with Crippen LogP contribution in [0.1, 0.15) is 23.2 Å². The van der Waals surface area contributed by atoms with E-state index >= 15 is 0 Å². The molecular weight excluding hydrogens is 353 g/mol. The maximum absolute atomic E-state index is 12.8. The molecule has 0 heterocycles. The summed E-state index contributed by atoms with van der Waals surface area (Å²) in [6.45, 7) is 4.09. The van der Waals surface area contributed by atoms with Gasteiger partial charge in [-0.25, -0.2) is 19.5 Å². The van der Waals surface area contributed by atoms with Gasteiger partial charge in [-0.1, -0.05) is 6.58 Å². The molecule has 0 saturated carbocycles. The minimum atomic E-state index is -0.574. The van der Waals surface area contributed by atoms with Gasteiger partial charge in [-0.15, -0.1) is 0 Å². The topological polar surface area (TPSA) is 73.9 Å². The molecule has 142 valence electrons. The highest BCUT2D eigenvalue weighted by molar-refractivity contribution is 5.90. The van der Waals surface area contributed by atoms with Gasteiger partial charge < -0.3 is 14.3 Å². The van der Waals surface area contributed by atoms with Crippen LogP contribution >= 0.6 is 0 Å². The molecule has 6 nitrogen and oxygen atoms in total. The van der Waals surface area contributed by atoms with Crippen molar-refractivity contribution in [3.63, 3.8) is 0 Å². The van der Waals surface area contributed by atoms with Crippen molar-refractivity contribution in [1.29, 1.82) is 0 Å². The van der Waals surface area contributed by atoms with Crippen LogP contribution in [-0.4, -0.2) is 25.2 Å². The number of anilines is 1. The van der Waals surface area contributed by atoms with E-state index in [1.54, 1.807) is 24.3 Å². The summed E-state index contributed by atoms with van der Waals surface area (Å²) >= 11 is 0.